The van der Waals surface area contributed by atoms with Crippen molar-refractivity contribution in [1.29, 1.82) is 0 Å². The normalized spacial score (nSPS) is 18.7. The molecule has 0 aliphatic carbocycles. The van der Waals surface area contributed by atoms with Crippen LogP contribution in [0.2, 0.25) is 0 Å². The fourth-order valence-electron chi connectivity index (χ4n) is 9.08. The maximum Gasteiger partial charge on any atom is 0.302 e. The van der Waals surface area contributed by atoms with E-state index in [0.29, 0.717) is 6.42 Å². The Hall–Kier alpha value is -1.14. The molecule has 4 N–H and O–H groups in total. The quantitative estimate of drug-likeness (QED) is 0.0647. The van der Waals surface area contributed by atoms with Crippen LogP contribution in [0.4, 0.5) is 0 Å². The van der Waals surface area contributed by atoms with Gasteiger partial charge in [0.15, 0.2) is 0 Å². The first kappa shape index (κ1) is 48.9. The van der Waals surface area contributed by atoms with Crippen LogP contribution in [0.1, 0.15) is 202 Å². The SMILES string of the molecule is CCC(C)(C)CC(OC(C)=O)C(C)(C)C(C)(CC)CC(O)C(C)(C)C(CC)(CC)CC(NC=O)C(C)(C)C(C)(CC)CC(N)C(C)(CC)CC. The number of carbonyl (C=O) groups excluding carboxylic acids is 2. The molecule has 0 aliphatic rings. The van der Waals surface area contributed by atoms with E-state index in [1.807, 2.05) is 0 Å². The van der Waals surface area contributed by atoms with Crippen molar-refractivity contribution >= 4 is 12.4 Å². The number of aliphatic hydroxyl groups is 1. The summed E-state index contributed by atoms with van der Waals surface area (Å²) >= 11 is 0. The molecule has 1 amide bonds. The Morgan fingerprint density at radius 2 is 1.12 bits per heavy atom. The highest BCUT2D eigenvalue weighted by molar-refractivity contribution is 5.66. The lowest BCUT2D eigenvalue weighted by atomic mass is 9.50. The number of rotatable bonds is 25. The minimum atomic E-state index is -0.621. The zero-order chi connectivity index (χ0) is 39.8. The average molecular weight is 709 g/mol. The van der Waals surface area contributed by atoms with Crippen LogP contribution in [0, 0.1) is 43.3 Å². The van der Waals surface area contributed by atoms with Gasteiger partial charge >= 0.3 is 5.97 Å². The van der Waals surface area contributed by atoms with Gasteiger partial charge in [-0.05, 0) is 95.7 Å². The van der Waals surface area contributed by atoms with Crippen molar-refractivity contribution in [2.45, 2.75) is 226 Å². The van der Waals surface area contributed by atoms with Gasteiger partial charge < -0.3 is 20.9 Å². The fourth-order valence-corrected chi connectivity index (χ4v) is 9.08. The number of amides is 1. The topological polar surface area (TPSA) is 102 Å². The van der Waals surface area contributed by atoms with Crippen LogP contribution in [0.5, 0.6) is 0 Å². The van der Waals surface area contributed by atoms with Crippen molar-refractivity contribution in [3.8, 4) is 0 Å². The highest BCUT2D eigenvalue weighted by Gasteiger charge is 2.56. The molecule has 6 nitrogen and oxygen atoms in total. The van der Waals surface area contributed by atoms with Crippen LogP contribution in [-0.2, 0) is 14.3 Å². The summed E-state index contributed by atoms with van der Waals surface area (Å²) in [5.74, 6) is -0.254. The zero-order valence-electron chi connectivity index (χ0n) is 36.9. The van der Waals surface area contributed by atoms with Crippen molar-refractivity contribution < 1.29 is 19.4 Å². The summed E-state index contributed by atoms with van der Waals surface area (Å²) in [7, 11) is 0. The third-order valence-corrected chi connectivity index (χ3v) is 16.6. The molecule has 6 heteroatoms. The highest BCUT2D eigenvalue weighted by atomic mass is 16.5. The van der Waals surface area contributed by atoms with Crippen LogP contribution in [-0.4, -0.2) is 41.8 Å². The van der Waals surface area contributed by atoms with E-state index in [2.05, 4.69) is 130 Å². The second kappa shape index (κ2) is 18.3. The molecule has 0 aromatic carbocycles. The van der Waals surface area contributed by atoms with Gasteiger partial charge in [-0.2, -0.15) is 0 Å². The Bertz CT molecular complexity index is 1040. The molecule has 6 atom stereocenters. The van der Waals surface area contributed by atoms with Crippen molar-refractivity contribution in [3.63, 3.8) is 0 Å². The van der Waals surface area contributed by atoms with Crippen LogP contribution >= 0.6 is 0 Å². The molecule has 6 unspecified atom stereocenters. The standard InChI is InChI=1S/C44H88N2O4/c1-20-37(9,10)30-36(50-32(8)48)40(15,16)43(19,24-5)29-35(49)39(13,14)44(25-6,26-7)28-34(46-31-47)38(11,12)42(18,23-4)27-33(45)41(17,21-2)22-3/h31,33-36,49H,20-30,45H2,1-19H3,(H,46,47). The minimum absolute atomic E-state index is 0.0134. The molecular formula is C44H88N2O4. The number of esters is 1. The fraction of sp³-hybridized carbons (Fsp3) is 0.955. The van der Waals surface area contributed by atoms with Crippen molar-refractivity contribution in [1.82, 2.24) is 5.32 Å². The average Bonchev–Trinajstić information content (AvgIpc) is 3.04. The first-order chi connectivity index (χ1) is 22.6. The number of hydrogen-bond acceptors (Lipinski definition) is 5. The predicted molar refractivity (Wildman–Crippen MR) is 215 cm³/mol. The Balaban J connectivity index is 6.98. The molecule has 0 aliphatic heterocycles. The van der Waals surface area contributed by atoms with E-state index < -0.39 is 16.9 Å². The molecule has 0 spiro atoms. The summed E-state index contributed by atoms with van der Waals surface area (Å²) in [6.45, 7) is 42.2. The number of ether oxygens (including phenoxy) is 1. The van der Waals surface area contributed by atoms with Crippen molar-refractivity contribution in [3.05, 3.63) is 0 Å². The molecule has 0 heterocycles. The van der Waals surface area contributed by atoms with Gasteiger partial charge in [0.25, 0.3) is 0 Å². The van der Waals surface area contributed by atoms with Gasteiger partial charge in [0.2, 0.25) is 6.41 Å². The second-order valence-corrected chi connectivity index (χ2v) is 19.7. The van der Waals surface area contributed by atoms with E-state index in [1.165, 1.54) is 6.92 Å². The molecule has 298 valence electrons. The summed E-state index contributed by atoms with van der Waals surface area (Å²) in [5.41, 5.74) is 5.25. The van der Waals surface area contributed by atoms with Crippen LogP contribution in [0.25, 0.3) is 0 Å². The molecule has 0 saturated heterocycles. The zero-order valence-corrected chi connectivity index (χ0v) is 36.9. The van der Waals surface area contributed by atoms with Crippen LogP contribution in [0.15, 0.2) is 0 Å². The summed E-state index contributed by atoms with van der Waals surface area (Å²) in [6, 6.07) is -0.0654. The van der Waals surface area contributed by atoms with Gasteiger partial charge in [-0.1, -0.05) is 137 Å². The van der Waals surface area contributed by atoms with E-state index in [9.17, 15) is 14.7 Å². The Morgan fingerprint density at radius 1 is 0.660 bits per heavy atom. The monoisotopic (exact) mass is 709 g/mol. The smallest absolute Gasteiger partial charge is 0.302 e. The maximum atomic E-state index is 12.5. The summed E-state index contributed by atoms with van der Waals surface area (Å²) in [6.07, 6.45) is 9.57. The Morgan fingerprint density at radius 3 is 1.48 bits per heavy atom. The number of nitrogens with two attached hydrogens (primary N) is 1. The van der Waals surface area contributed by atoms with Crippen LogP contribution in [0.3, 0.4) is 0 Å². The summed E-state index contributed by atoms with van der Waals surface area (Å²) < 4.78 is 6.13. The van der Waals surface area contributed by atoms with Gasteiger partial charge in [-0.3, -0.25) is 9.59 Å². The minimum Gasteiger partial charge on any atom is -0.462 e. The molecule has 0 aromatic rings. The number of hydrogen-bond donors (Lipinski definition) is 3. The molecule has 0 aromatic heterocycles. The highest BCUT2D eigenvalue weighted by Crippen LogP contribution is 2.59. The molecule has 0 rings (SSSR count). The van der Waals surface area contributed by atoms with Crippen molar-refractivity contribution in [2.24, 2.45) is 49.1 Å². The van der Waals surface area contributed by atoms with E-state index >= 15 is 0 Å². The molecule has 0 bridgehead atoms. The van der Waals surface area contributed by atoms with E-state index in [0.717, 1.165) is 70.6 Å². The van der Waals surface area contributed by atoms with Gasteiger partial charge in [-0.25, -0.2) is 0 Å². The molecular weight excluding hydrogens is 620 g/mol. The lowest BCUT2D eigenvalue weighted by Gasteiger charge is -2.57. The van der Waals surface area contributed by atoms with E-state index in [1.54, 1.807) is 0 Å². The lowest BCUT2D eigenvalue weighted by Crippen LogP contribution is -2.58. The molecule has 50 heavy (non-hydrogen) atoms. The molecule has 0 fully saturated rings. The van der Waals surface area contributed by atoms with E-state index in [4.69, 9.17) is 10.5 Å². The second-order valence-electron chi connectivity index (χ2n) is 19.7. The third kappa shape index (κ3) is 10.3. The number of nitrogens with one attached hydrogen (secondary N) is 1. The largest absolute Gasteiger partial charge is 0.462 e. The van der Waals surface area contributed by atoms with Gasteiger partial charge in [-0.15, -0.1) is 0 Å². The first-order valence-electron chi connectivity index (χ1n) is 20.4. The third-order valence-electron chi connectivity index (χ3n) is 16.6. The van der Waals surface area contributed by atoms with Gasteiger partial charge in [0, 0.05) is 24.4 Å². The summed E-state index contributed by atoms with van der Waals surface area (Å²) in [4.78, 5) is 24.8. The maximum absolute atomic E-state index is 12.5. The lowest BCUT2D eigenvalue weighted by molar-refractivity contribution is -0.169. The Kier molecular flexibility index (Phi) is 17.8. The number of carbonyl (C=O) groups is 2. The summed E-state index contributed by atoms with van der Waals surface area (Å²) in [5, 5.41) is 15.9. The van der Waals surface area contributed by atoms with Gasteiger partial charge in [0.05, 0.1) is 6.10 Å². The van der Waals surface area contributed by atoms with Crippen molar-refractivity contribution in [2.75, 3.05) is 0 Å². The van der Waals surface area contributed by atoms with Crippen LogP contribution < -0.4 is 11.1 Å². The predicted octanol–water partition coefficient (Wildman–Crippen LogP) is 11.3. The molecule has 0 radical (unpaired) electrons. The molecule has 0 saturated carbocycles. The first-order valence-corrected chi connectivity index (χ1v) is 20.4. The van der Waals surface area contributed by atoms with Gasteiger partial charge in [0.1, 0.15) is 6.10 Å². The van der Waals surface area contributed by atoms with E-state index in [-0.39, 0.29) is 56.6 Å². The number of aliphatic hydroxyl groups excluding tert-OH is 1. The Labute approximate surface area is 312 Å².